The zero-order valence-electron chi connectivity index (χ0n) is 30.8. The van der Waals surface area contributed by atoms with Crippen LogP contribution in [0.5, 0.6) is 0 Å². The summed E-state index contributed by atoms with van der Waals surface area (Å²) in [5.74, 6) is -6.20. The van der Waals surface area contributed by atoms with Crippen LogP contribution in [-0.4, -0.2) is 120 Å². The molecular weight excluding hydrogens is 626 g/mol. The van der Waals surface area contributed by atoms with E-state index in [0.717, 1.165) is 6.08 Å². The highest BCUT2D eigenvalue weighted by Gasteiger charge is 2.53. The van der Waals surface area contributed by atoms with Crippen molar-refractivity contribution < 1.29 is 57.8 Å². The van der Waals surface area contributed by atoms with Gasteiger partial charge in [-0.1, -0.05) is 34.3 Å². The van der Waals surface area contributed by atoms with Gasteiger partial charge in [-0.15, -0.1) is 0 Å². The van der Waals surface area contributed by atoms with Crippen LogP contribution >= 0.6 is 0 Å². The van der Waals surface area contributed by atoms with E-state index in [-0.39, 0.29) is 30.8 Å². The Morgan fingerprint density at radius 2 is 1.67 bits per heavy atom. The van der Waals surface area contributed by atoms with Gasteiger partial charge in [0.25, 0.3) is 0 Å². The maximum absolute atomic E-state index is 13.8. The first kappa shape index (κ1) is 41.7. The predicted molar refractivity (Wildman–Crippen MR) is 175 cm³/mol. The Morgan fingerprint density at radius 3 is 2.17 bits per heavy atom. The van der Waals surface area contributed by atoms with E-state index >= 15 is 0 Å². The van der Waals surface area contributed by atoms with E-state index in [9.17, 15) is 29.4 Å². The first-order valence-corrected chi connectivity index (χ1v) is 16.8. The lowest BCUT2D eigenvalue weighted by atomic mass is 9.74. The molecule has 0 spiro atoms. The Labute approximate surface area is 285 Å². The molecule has 0 bridgehead atoms. The van der Waals surface area contributed by atoms with Crippen molar-refractivity contribution in [2.45, 2.75) is 142 Å². The van der Waals surface area contributed by atoms with Gasteiger partial charge in [0, 0.05) is 37.9 Å². The number of rotatable bonds is 8. The average molecular weight is 686 g/mol. The van der Waals surface area contributed by atoms with Crippen molar-refractivity contribution in [2.24, 2.45) is 23.7 Å². The Hall–Kier alpha value is -2.42. The molecule has 0 aromatic heterocycles. The first-order chi connectivity index (χ1) is 22.2. The van der Waals surface area contributed by atoms with E-state index < -0.39 is 89.6 Å². The highest BCUT2D eigenvalue weighted by Crippen LogP contribution is 2.40. The zero-order chi connectivity index (χ0) is 36.9. The number of carbonyl (C=O) groups excluding carboxylic acids is 4. The smallest absolute Gasteiger partial charge is 0.330 e. The lowest BCUT2D eigenvalue weighted by Gasteiger charge is -2.49. The number of aliphatic hydroxyl groups excluding tert-OH is 1. The van der Waals surface area contributed by atoms with Crippen LogP contribution in [0.2, 0.25) is 0 Å². The summed E-state index contributed by atoms with van der Waals surface area (Å²) >= 11 is 0. The van der Waals surface area contributed by atoms with Gasteiger partial charge < -0.3 is 43.5 Å². The van der Waals surface area contributed by atoms with Gasteiger partial charge in [-0.05, 0) is 61.1 Å². The molecule has 2 aliphatic rings. The number of methoxy groups -OCH3 is 1. The molecule has 0 amide bonds. The maximum Gasteiger partial charge on any atom is 0.330 e. The third-order valence-electron chi connectivity index (χ3n) is 10.2. The summed E-state index contributed by atoms with van der Waals surface area (Å²) in [4.78, 5) is 54.6. The molecule has 2 saturated heterocycles. The molecular formula is C35H59NO12. The van der Waals surface area contributed by atoms with E-state index in [2.05, 4.69) is 6.58 Å². The van der Waals surface area contributed by atoms with Gasteiger partial charge in [-0.25, -0.2) is 4.79 Å². The number of nitrogens with zero attached hydrogens (tertiary/aromatic N) is 1. The molecule has 0 aromatic carbocycles. The highest BCUT2D eigenvalue weighted by atomic mass is 16.7. The van der Waals surface area contributed by atoms with E-state index in [1.165, 1.54) is 34.8 Å². The van der Waals surface area contributed by atoms with Crippen LogP contribution in [0.3, 0.4) is 0 Å². The number of carbonyl (C=O) groups is 4. The summed E-state index contributed by atoms with van der Waals surface area (Å²) < 4.78 is 36.6. The quantitative estimate of drug-likeness (QED) is 0.218. The van der Waals surface area contributed by atoms with Crippen LogP contribution in [0.25, 0.3) is 0 Å². The molecule has 2 N–H and O–H groups in total. The normalized spacial score (nSPS) is 42.0. The van der Waals surface area contributed by atoms with Crippen LogP contribution in [-0.2, 0) is 47.6 Å². The number of hydrogen-bond donors (Lipinski definition) is 2. The summed E-state index contributed by atoms with van der Waals surface area (Å²) in [6.45, 7) is 17.9. The van der Waals surface area contributed by atoms with Crippen molar-refractivity contribution in [1.29, 1.82) is 0 Å². The van der Waals surface area contributed by atoms with Gasteiger partial charge in [0.2, 0.25) is 0 Å². The monoisotopic (exact) mass is 685 g/mol. The van der Waals surface area contributed by atoms with Crippen molar-refractivity contribution in [2.75, 3.05) is 21.2 Å². The molecule has 2 heterocycles. The van der Waals surface area contributed by atoms with Crippen molar-refractivity contribution >= 4 is 23.7 Å². The second-order valence-corrected chi connectivity index (χ2v) is 14.3. The minimum absolute atomic E-state index is 0.0618. The number of ketones is 1. The molecule has 0 saturated carbocycles. The van der Waals surface area contributed by atoms with Crippen molar-refractivity contribution in [3.05, 3.63) is 12.7 Å². The van der Waals surface area contributed by atoms with Gasteiger partial charge in [0.15, 0.2) is 12.4 Å². The minimum atomic E-state index is -1.98. The maximum atomic E-state index is 13.8. The standard InChI is InChI=1S/C35H59NO12/c1-14-25-35(10,42)30(40)20(5)27(39)18(3)17-34(9,43-13)31(21(6)28(47-26(38)15-2)22(7)32(41)46-25)48-33-29(45-23(8)37)24(36(11)12)16-19(4)44-33/h15,18-22,24-25,28-31,33,40,42H,2,14,16-17H2,1,3-13H3/t18-,19-,20+,21+,22-,24+,25-,28+,29-,30-,31-,33+,34-,35-/m1/s1. The topological polar surface area (TPSA) is 167 Å². The van der Waals surface area contributed by atoms with Crippen LogP contribution in [0, 0.1) is 23.7 Å². The molecule has 2 rings (SSSR count). The molecule has 0 radical (unpaired) electrons. The fourth-order valence-corrected chi connectivity index (χ4v) is 7.27. The Balaban J connectivity index is 2.82. The van der Waals surface area contributed by atoms with E-state index in [1.807, 2.05) is 25.9 Å². The molecule has 276 valence electrons. The summed E-state index contributed by atoms with van der Waals surface area (Å²) in [6.07, 6.45) is -5.59. The molecule has 48 heavy (non-hydrogen) atoms. The Kier molecular flexibility index (Phi) is 14.8. The third kappa shape index (κ3) is 9.42. The van der Waals surface area contributed by atoms with Crippen LogP contribution in [0.1, 0.15) is 81.6 Å². The number of hydrogen-bond acceptors (Lipinski definition) is 13. The SMILES string of the molecule is C=CC(=O)O[C@H]1[C@H](C)[C@@H](O[C@@H]2O[C@H](C)C[C@H](N(C)C)[C@H]2OC(C)=O)[C@](C)(OC)C[C@@H](C)C(=O)[C@H](C)[C@@H](O)[C@](C)(O)[C@@H](CC)OC(=O)[C@@H]1C. The fourth-order valence-electron chi connectivity index (χ4n) is 7.27. The van der Waals surface area contributed by atoms with Gasteiger partial charge in [0.1, 0.15) is 23.6 Å². The summed E-state index contributed by atoms with van der Waals surface area (Å²) in [5.41, 5.74) is -3.29. The average Bonchev–Trinajstić information content (AvgIpc) is 3.02. The Bertz CT molecular complexity index is 1140. The van der Waals surface area contributed by atoms with E-state index in [1.54, 1.807) is 27.7 Å². The summed E-state index contributed by atoms with van der Waals surface area (Å²) in [5, 5.41) is 22.8. The second kappa shape index (κ2) is 17.0. The fraction of sp³-hybridized carbons (Fsp3) is 0.829. The van der Waals surface area contributed by atoms with Crippen molar-refractivity contribution in [1.82, 2.24) is 4.90 Å². The third-order valence-corrected chi connectivity index (χ3v) is 10.2. The number of Topliss-reactive ketones (excluding diaryl/α,β-unsaturated/α-hetero) is 1. The highest BCUT2D eigenvalue weighted by molar-refractivity contribution is 5.84. The minimum Gasteiger partial charge on any atom is -0.459 e. The van der Waals surface area contributed by atoms with E-state index in [4.69, 9.17) is 28.4 Å². The van der Waals surface area contributed by atoms with Gasteiger partial charge in [-0.2, -0.15) is 0 Å². The van der Waals surface area contributed by atoms with Crippen LogP contribution in [0.15, 0.2) is 12.7 Å². The summed E-state index contributed by atoms with van der Waals surface area (Å²) in [6, 6.07) is -0.282. The van der Waals surface area contributed by atoms with Crippen molar-refractivity contribution in [3.63, 3.8) is 0 Å². The molecule has 14 atom stereocenters. The molecule has 13 heteroatoms. The predicted octanol–water partition coefficient (Wildman–Crippen LogP) is 2.82. The first-order valence-electron chi connectivity index (χ1n) is 16.8. The molecule has 2 fully saturated rings. The van der Waals surface area contributed by atoms with Crippen LogP contribution < -0.4 is 0 Å². The number of esters is 3. The molecule has 0 aliphatic carbocycles. The lowest BCUT2D eigenvalue weighted by Crippen LogP contribution is -2.61. The second-order valence-electron chi connectivity index (χ2n) is 14.3. The number of likely N-dealkylation sites (N-methyl/N-ethyl adjacent to an activating group) is 1. The molecule has 0 unspecified atom stereocenters. The number of aliphatic hydroxyl groups is 2. The van der Waals surface area contributed by atoms with Gasteiger partial charge in [-0.3, -0.25) is 14.4 Å². The molecule has 0 aromatic rings. The number of cyclic esters (lactones) is 1. The van der Waals surface area contributed by atoms with E-state index in [0.29, 0.717) is 6.42 Å². The molecule has 13 nitrogen and oxygen atoms in total. The lowest BCUT2D eigenvalue weighted by molar-refractivity contribution is -0.304. The Morgan fingerprint density at radius 1 is 1.06 bits per heavy atom. The molecule has 2 aliphatic heterocycles. The van der Waals surface area contributed by atoms with Crippen molar-refractivity contribution in [3.8, 4) is 0 Å². The van der Waals surface area contributed by atoms with Gasteiger partial charge in [0.05, 0.1) is 35.9 Å². The zero-order valence-corrected chi connectivity index (χ0v) is 30.8. The summed E-state index contributed by atoms with van der Waals surface area (Å²) in [7, 11) is 5.18. The largest absolute Gasteiger partial charge is 0.459 e. The van der Waals surface area contributed by atoms with Gasteiger partial charge >= 0.3 is 17.9 Å². The number of ether oxygens (including phenoxy) is 6. The van der Waals surface area contributed by atoms with Crippen LogP contribution in [0.4, 0.5) is 0 Å².